The average molecular weight is 451 g/mol. The average Bonchev–Trinajstić information content (AvgIpc) is 2.82. The van der Waals surface area contributed by atoms with Crippen molar-refractivity contribution in [2.75, 3.05) is 32.7 Å². The van der Waals surface area contributed by atoms with Crippen LogP contribution in [-0.2, 0) is 22.4 Å². The summed E-state index contributed by atoms with van der Waals surface area (Å²) in [6.45, 7) is 13.9. The first-order valence-corrected chi connectivity index (χ1v) is 12.1. The maximum absolute atomic E-state index is 11.1. The molecule has 0 spiro atoms. The first kappa shape index (κ1) is 28.5. The summed E-state index contributed by atoms with van der Waals surface area (Å²) in [5, 5.41) is 3.24. The summed E-state index contributed by atoms with van der Waals surface area (Å²) in [5.41, 5.74) is 3.84. The van der Waals surface area contributed by atoms with Crippen LogP contribution in [0.3, 0.4) is 0 Å². The number of ketones is 2. The van der Waals surface area contributed by atoms with E-state index in [1.54, 1.807) is 13.8 Å². The molecule has 0 bridgehead atoms. The van der Waals surface area contributed by atoms with Gasteiger partial charge >= 0.3 is 0 Å². The van der Waals surface area contributed by atoms with E-state index in [1.807, 2.05) is 24.3 Å². The fourth-order valence-electron chi connectivity index (χ4n) is 3.34. The van der Waals surface area contributed by atoms with E-state index < -0.39 is 0 Å². The van der Waals surface area contributed by atoms with Gasteiger partial charge in [0.1, 0.15) is 11.6 Å². The topological polar surface area (TPSA) is 49.4 Å². The van der Waals surface area contributed by atoms with Crippen LogP contribution in [0.25, 0.3) is 6.08 Å². The third kappa shape index (κ3) is 15.0. The molecule has 0 heterocycles. The van der Waals surface area contributed by atoms with Crippen molar-refractivity contribution in [1.82, 2.24) is 10.2 Å². The zero-order valence-corrected chi connectivity index (χ0v) is 20.8. The number of hydrogen-bond acceptors (Lipinski definition) is 4. The maximum atomic E-state index is 11.1. The highest BCUT2D eigenvalue weighted by molar-refractivity contribution is 5.75. The van der Waals surface area contributed by atoms with Gasteiger partial charge in [-0.25, -0.2) is 0 Å². The second kappa shape index (κ2) is 17.9. The van der Waals surface area contributed by atoms with Crippen molar-refractivity contribution in [2.24, 2.45) is 0 Å². The molecule has 0 fully saturated rings. The highest BCUT2D eigenvalue weighted by Crippen LogP contribution is 2.07. The molecule has 0 saturated carbocycles. The number of hydrogen-bond donors (Lipinski definition) is 1. The normalized spacial score (nSPS) is 10.4. The number of carbonyl (C=O) groups is 2. The van der Waals surface area contributed by atoms with Crippen molar-refractivity contribution in [1.29, 1.82) is 0 Å². The Balaban J connectivity index is 0.000000346. The van der Waals surface area contributed by atoms with Crippen molar-refractivity contribution in [3.8, 4) is 0 Å². The smallest absolute Gasteiger partial charge is 0.131 e. The molecule has 180 valence electrons. The highest BCUT2D eigenvalue weighted by Gasteiger charge is 2.05. The fourth-order valence-corrected chi connectivity index (χ4v) is 3.34. The van der Waals surface area contributed by atoms with Gasteiger partial charge in [-0.05, 0) is 62.9 Å². The van der Waals surface area contributed by atoms with E-state index in [2.05, 4.69) is 60.1 Å². The molecule has 0 amide bonds. The Bertz CT molecular complexity index is 800. The lowest BCUT2D eigenvalue weighted by Crippen LogP contribution is -2.29. The molecule has 0 radical (unpaired) electrons. The van der Waals surface area contributed by atoms with Gasteiger partial charge in [-0.2, -0.15) is 0 Å². The number of nitrogens with zero attached hydrogens (tertiary/aromatic N) is 1. The van der Waals surface area contributed by atoms with Gasteiger partial charge in [0.05, 0.1) is 0 Å². The molecule has 0 saturated heterocycles. The Labute approximate surface area is 201 Å². The van der Waals surface area contributed by atoms with E-state index in [1.165, 1.54) is 11.1 Å². The van der Waals surface area contributed by atoms with Crippen molar-refractivity contribution in [3.63, 3.8) is 0 Å². The molecule has 0 aliphatic rings. The minimum atomic E-state index is 0.247. The molecule has 2 rings (SSSR count). The summed E-state index contributed by atoms with van der Waals surface area (Å²) in [7, 11) is 0. The summed E-state index contributed by atoms with van der Waals surface area (Å²) in [5.74, 6) is 0.522. The maximum Gasteiger partial charge on any atom is 0.131 e. The van der Waals surface area contributed by atoms with Crippen LogP contribution in [0.2, 0.25) is 0 Å². The third-order valence-corrected chi connectivity index (χ3v) is 5.34. The molecule has 0 aliphatic carbocycles. The van der Waals surface area contributed by atoms with Crippen molar-refractivity contribution < 1.29 is 9.59 Å². The summed E-state index contributed by atoms with van der Waals surface area (Å²) < 4.78 is 0. The number of benzene rings is 2. The van der Waals surface area contributed by atoms with Crippen LogP contribution in [0.1, 0.15) is 56.7 Å². The van der Waals surface area contributed by atoms with Crippen LogP contribution in [0.5, 0.6) is 0 Å². The predicted molar refractivity (Wildman–Crippen MR) is 141 cm³/mol. The number of carbonyl (C=O) groups excluding carboxylic acids is 2. The van der Waals surface area contributed by atoms with E-state index in [9.17, 15) is 9.59 Å². The SMILES string of the molecule is C=Cc1ccc(CCN(CCC)CCC(C)=O)cc1.CC(=O)CCNCCc1ccccc1. The fraction of sp³-hybridized carbons (Fsp3) is 0.448. The summed E-state index contributed by atoms with van der Waals surface area (Å²) in [6.07, 6.45) is 6.35. The Hall–Kier alpha value is -2.56. The predicted octanol–water partition coefficient (Wildman–Crippen LogP) is 5.36. The molecular formula is C29H42N2O2. The summed E-state index contributed by atoms with van der Waals surface area (Å²) in [6, 6.07) is 18.9. The number of Topliss-reactive ketones (excluding diaryl/α,β-unsaturated/α-hetero) is 2. The molecule has 2 aromatic carbocycles. The Morgan fingerprint density at radius 3 is 2.03 bits per heavy atom. The van der Waals surface area contributed by atoms with Gasteiger partial charge in [0.25, 0.3) is 0 Å². The zero-order chi connectivity index (χ0) is 24.3. The second-order valence-electron chi connectivity index (χ2n) is 8.43. The van der Waals surface area contributed by atoms with E-state index in [-0.39, 0.29) is 11.6 Å². The van der Waals surface area contributed by atoms with E-state index >= 15 is 0 Å². The van der Waals surface area contributed by atoms with Gasteiger partial charge in [-0.3, -0.25) is 9.59 Å². The first-order chi connectivity index (χ1) is 15.9. The molecule has 0 aliphatic heterocycles. The summed E-state index contributed by atoms with van der Waals surface area (Å²) in [4.78, 5) is 24.1. The molecule has 2 aromatic rings. The lowest BCUT2D eigenvalue weighted by molar-refractivity contribution is -0.118. The van der Waals surface area contributed by atoms with Crippen molar-refractivity contribution in [3.05, 3.63) is 77.9 Å². The molecule has 0 aromatic heterocycles. The van der Waals surface area contributed by atoms with Crippen LogP contribution in [0.4, 0.5) is 0 Å². The van der Waals surface area contributed by atoms with Crippen LogP contribution in [0, 0.1) is 0 Å². The van der Waals surface area contributed by atoms with E-state index in [4.69, 9.17) is 0 Å². The van der Waals surface area contributed by atoms with E-state index in [0.29, 0.717) is 12.8 Å². The summed E-state index contributed by atoms with van der Waals surface area (Å²) >= 11 is 0. The molecule has 33 heavy (non-hydrogen) atoms. The van der Waals surface area contributed by atoms with Gasteiger partial charge in [-0.15, -0.1) is 0 Å². The largest absolute Gasteiger partial charge is 0.316 e. The third-order valence-electron chi connectivity index (χ3n) is 5.34. The van der Waals surface area contributed by atoms with Crippen LogP contribution < -0.4 is 5.32 Å². The van der Waals surface area contributed by atoms with Gasteiger partial charge in [0.15, 0.2) is 0 Å². The second-order valence-corrected chi connectivity index (χ2v) is 8.43. The molecule has 4 heteroatoms. The minimum absolute atomic E-state index is 0.247. The Morgan fingerprint density at radius 1 is 0.818 bits per heavy atom. The molecule has 4 nitrogen and oxygen atoms in total. The van der Waals surface area contributed by atoms with E-state index in [0.717, 1.165) is 57.5 Å². The Morgan fingerprint density at radius 2 is 1.45 bits per heavy atom. The molecule has 0 atom stereocenters. The van der Waals surface area contributed by atoms with Crippen LogP contribution in [0.15, 0.2) is 61.2 Å². The van der Waals surface area contributed by atoms with Gasteiger partial charge in [0, 0.05) is 32.5 Å². The standard InChI is InChI=1S/C17H25NO.C12H17NO/c1-4-12-18(13-10-15(3)19)14-11-17-8-6-16(5-2)7-9-17;1-11(14)7-9-13-10-8-12-5-3-2-4-6-12/h5-9H,2,4,10-14H2,1,3H3;2-6,13H,7-10H2,1H3. The zero-order valence-electron chi connectivity index (χ0n) is 20.8. The molecule has 0 unspecified atom stereocenters. The minimum Gasteiger partial charge on any atom is -0.316 e. The van der Waals surface area contributed by atoms with Crippen LogP contribution >= 0.6 is 0 Å². The lowest BCUT2D eigenvalue weighted by Gasteiger charge is -2.21. The van der Waals surface area contributed by atoms with Crippen molar-refractivity contribution >= 4 is 17.6 Å². The first-order valence-electron chi connectivity index (χ1n) is 12.1. The molecular weight excluding hydrogens is 408 g/mol. The monoisotopic (exact) mass is 450 g/mol. The highest BCUT2D eigenvalue weighted by atomic mass is 16.1. The quantitative estimate of drug-likeness (QED) is 0.371. The van der Waals surface area contributed by atoms with Gasteiger partial charge in [0.2, 0.25) is 0 Å². The number of rotatable bonds is 15. The Kier molecular flexibility index (Phi) is 15.5. The van der Waals surface area contributed by atoms with Crippen LogP contribution in [-0.4, -0.2) is 49.2 Å². The van der Waals surface area contributed by atoms with Crippen molar-refractivity contribution in [2.45, 2.75) is 52.9 Å². The molecule has 1 N–H and O–H groups in total. The lowest BCUT2D eigenvalue weighted by atomic mass is 10.1. The van der Waals surface area contributed by atoms with Gasteiger partial charge < -0.3 is 10.2 Å². The number of nitrogens with one attached hydrogen (secondary N) is 1. The van der Waals surface area contributed by atoms with Gasteiger partial charge in [-0.1, -0.05) is 74.2 Å².